The van der Waals surface area contributed by atoms with Gasteiger partial charge in [-0.05, 0) is 42.5 Å². The summed E-state index contributed by atoms with van der Waals surface area (Å²) in [6.45, 7) is 0. The lowest BCUT2D eigenvalue weighted by Crippen LogP contribution is -2.12. The van der Waals surface area contributed by atoms with E-state index in [1.54, 1.807) is 36.5 Å². The number of hydrogen-bond acceptors (Lipinski definition) is 4. The van der Waals surface area contributed by atoms with Gasteiger partial charge >= 0.3 is 0 Å². The van der Waals surface area contributed by atoms with Gasteiger partial charge in [-0.2, -0.15) is 0 Å². The second kappa shape index (κ2) is 7.61. The molecule has 1 heterocycles. The predicted octanol–water partition coefficient (Wildman–Crippen LogP) is 5.57. The highest BCUT2D eigenvalue weighted by atomic mass is 79.9. The Morgan fingerprint density at radius 2 is 1.61 bits per heavy atom. The van der Waals surface area contributed by atoms with E-state index in [2.05, 4.69) is 25.6 Å². The van der Waals surface area contributed by atoms with Gasteiger partial charge < -0.3 is 4.42 Å². The molecule has 4 aromatic rings. The molecular formula is C21H15BrN2O3S. The summed E-state index contributed by atoms with van der Waals surface area (Å²) in [5.74, 6) is 1.09. The Morgan fingerprint density at radius 1 is 0.857 bits per heavy atom. The normalized spacial score (nSPS) is 11.3. The van der Waals surface area contributed by atoms with Crippen LogP contribution >= 0.6 is 15.9 Å². The minimum Gasteiger partial charge on any atom is -0.436 e. The molecule has 5 nitrogen and oxygen atoms in total. The van der Waals surface area contributed by atoms with E-state index in [0.29, 0.717) is 22.9 Å². The van der Waals surface area contributed by atoms with Gasteiger partial charge in [-0.3, -0.25) is 4.72 Å². The average molecular weight is 455 g/mol. The molecule has 1 aromatic heterocycles. The van der Waals surface area contributed by atoms with Crippen molar-refractivity contribution in [3.05, 3.63) is 89.5 Å². The van der Waals surface area contributed by atoms with Crippen molar-refractivity contribution in [2.45, 2.75) is 4.90 Å². The summed E-state index contributed by atoms with van der Waals surface area (Å²) in [5, 5.41) is 0. The van der Waals surface area contributed by atoms with Crippen molar-refractivity contribution in [2.24, 2.45) is 0 Å². The van der Waals surface area contributed by atoms with Gasteiger partial charge in [0.1, 0.15) is 0 Å². The lowest BCUT2D eigenvalue weighted by atomic mass is 10.2. The fourth-order valence-corrected chi connectivity index (χ4v) is 4.13. The Bertz CT molecular complexity index is 1200. The molecule has 0 fully saturated rings. The number of anilines is 1. The van der Waals surface area contributed by atoms with Gasteiger partial charge in [-0.15, -0.1) is 0 Å². The topological polar surface area (TPSA) is 72.2 Å². The quantitative estimate of drug-likeness (QED) is 0.427. The zero-order chi connectivity index (χ0) is 19.6. The maximum absolute atomic E-state index is 12.6. The maximum atomic E-state index is 12.6. The standard InChI is InChI=1S/C21H15BrN2O3S/c22-17-7-4-8-18(13-17)24-28(25,26)19-11-9-16(10-12-19)21-23-14-20(27-21)15-5-2-1-3-6-15/h1-14,24H. The number of rotatable bonds is 5. The number of aromatic nitrogens is 1. The smallest absolute Gasteiger partial charge is 0.261 e. The van der Waals surface area contributed by atoms with Crippen molar-refractivity contribution in [2.75, 3.05) is 4.72 Å². The zero-order valence-corrected chi connectivity index (χ0v) is 16.9. The Balaban J connectivity index is 1.56. The molecule has 0 saturated carbocycles. The molecule has 140 valence electrons. The summed E-state index contributed by atoms with van der Waals surface area (Å²) < 4.78 is 34.3. The molecule has 0 aliphatic carbocycles. The first-order valence-electron chi connectivity index (χ1n) is 8.41. The van der Waals surface area contributed by atoms with Crippen LogP contribution in [0.2, 0.25) is 0 Å². The van der Waals surface area contributed by atoms with E-state index in [9.17, 15) is 8.42 Å². The molecule has 1 N–H and O–H groups in total. The van der Waals surface area contributed by atoms with E-state index >= 15 is 0 Å². The summed E-state index contributed by atoms with van der Waals surface area (Å²) in [6.07, 6.45) is 1.66. The van der Waals surface area contributed by atoms with Gasteiger partial charge in [-0.25, -0.2) is 13.4 Å². The van der Waals surface area contributed by atoms with Crippen LogP contribution in [0.4, 0.5) is 5.69 Å². The van der Waals surface area contributed by atoms with Crippen LogP contribution in [0.15, 0.2) is 98.8 Å². The number of oxazole rings is 1. The fraction of sp³-hybridized carbons (Fsp3) is 0. The van der Waals surface area contributed by atoms with Gasteiger partial charge in [0.15, 0.2) is 5.76 Å². The van der Waals surface area contributed by atoms with Gasteiger partial charge in [0.2, 0.25) is 5.89 Å². The van der Waals surface area contributed by atoms with Crippen molar-refractivity contribution in [1.82, 2.24) is 4.98 Å². The first-order chi connectivity index (χ1) is 13.5. The Labute approximate surface area is 171 Å². The first kappa shape index (κ1) is 18.5. The third-order valence-electron chi connectivity index (χ3n) is 4.05. The lowest BCUT2D eigenvalue weighted by Gasteiger charge is -2.08. The number of hydrogen-bond donors (Lipinski definition) is 1. The molecule has 0 unspecified atom stereocenters. The molecule has 0 aliphatic heterocycles. The van der Waals surface area contributed by atoms with E-state index in [0.717, 1.165) is 10.0 Å². The van der Waals surface area contributed by atoms with Gasteiger partial charge in [0.25, 0.3) is 10.0 Å². The van der Waals surface area contributed by atoms with E-state index in [1.165, 1.54) is 12.1 Å². The Morgan fingerprint density at radius 3 is 2.32 bits per heavy atom. The molecule has 0 radical (unpaired) electrons. The number of nitrogens with one attached hydrogen (secondary N) is 1. The second-order valence-electron chi connectivity index (χ2n) is 6.04. The highest BCUT2D eigenvalue weighted by Gasteiger charge is 2.15. The fourth-order valence-electron chi connectivity index (χ4n) is 2.69. The number of benzene rings is 3. The van der Waals surface area contributed by atoms with Crippen LogP contribution in [0.1, 0.15) is 0 Å². The van der Waals surface area contributed by atoms with Gasteiger partial charge in [0.05, 0.1) is 11.1 Å². The summed E-state index contributed by atoms with van der Waals surface area (Å²) in [7, 11) is -3.69. The largest absolute Gasteiger partial charge is 0.436 e. The van der Waals surface area contributed by atoms with E-state index < -0.39 is 10.0 Å². The Hall–Kier alpha value is -2.90. The average Bonchev–Trinajstić information content (AvgIpc) is 3.19. The monoisotopic (exact) mass is 454 g/mol. The molecule has 3 aromatic carbocycles. The number of sulfonamides is 1. The van der Waals surface area contributed by atoms with Crippen LogP contribution in [-0.2, 0) is 10.0 Å². The van der Waals surface area contributed by atoms with E-state index in [4.69, 9.17) is 4.42 Å². The molecule has 0 aliphatic rings. The minimum absolute atomic E-state index is 0.158. The highest BCUT2D eigenvalue weighted by molar-refractivity contribution is 9.10. The number of nitrogens with zero attached hydrogens (tertiary/aromatic N) is 1. The molecule has 0 amide bonds. The van der Waals surface area contributed by atoms with E-state index in [-0.39, 0.29) is 4.90 Å². The predicted molar refractivity (Wildman–Crippen MR) is 112 cm³/mol. The van der Waals surface area contributed by atoms with Crippen LogP contribution in [0.3, 0.4) is 0 Å². The molecule has 28 heavy (non-hydrogen) atoms. The first-order valence-corrected chi connectivity index (χ1v) is 10.7. The summed E-state index contributed by atoms with van der Waals surface area (Å²) in [6, 6.07) is 23.0. The highest BCUT2D eigenvalue weighted by Crippen LogP contribution is 2.27. The van der Waals surface area contributed by atoms with Crippen LogP contribution < -0.4 is 4.72 Å². The Kier molecular flexibility index (Phi) is 5.02. The minimum atomic E-state index is -3.69. The summed E-state index contributed by atoms with van der Waals surface area (Å²) in [5.41, 5.74) is 2.11. The summed E-state index contributed by atoms with van der Waals surface area (Å²) in [4.78, 5) is 4.45. The van der Waals surface area contributed by atoms with Crippen LogP contribution in [-0.4, -0.2) is 13.4 Å². The van der Waals surface area contributed by atoms with E-state index in [1.807, 2.05) is 36.4 Å². The maximum Gasteiger partial charge on any atom is 0.261 e. The van der Waals surface area contributed by atoms with Crippen molar-refractivity contribution in [1.29, 1.82) is 0 Å². The summed E-state index contributed by atoms with van der Waals surface area (Å²) >= 11 is 3.33. The SMILES string of the molecule is O=S(=O)(Nc1cccc(Br)c1)c1ccc(-c2ncc(-c3ccccc3)o2)cc1. The third-order valence-corrected chi connectivity index (χ3v) is 5.94. The van der Waals surface area contributed by atoms with Crippen molar-refractivity contribution in [3.63, 3.8) is 0 Å². The van der Waals surface area contributed by atoms with Crippen molar-refractivity contribution in [3.8, 4) is 22.8 Å². The lowest BCUT2D eigenvalue weighted by molar-refractivity contribution is 0.588. The number of halogens is 1. The second-order valence-corrected chi connectivity index (χ2v) is 8.63. The molecule has 0 saturated heterocycles. The van der Waals surface area contributed by atoms with Crippen molar-refractivity contribution >= 4 is 31.6 Å². The van der Waals surface area contributed by atoms with Gasteiger partial charge in [0, 0.05) is 21.3 Å². The van der Waals surface area contributed by atoms with Gasteiger partial charge in [-0.1, -0.05) is 52.3 Å². The molecule has 4 rings (SSSR count). The molecule has 0 atom stereocenters. The molecule has 0 bridgehead atoms. The van der Waals surface area contributed by atoms with Crippen LogP contribution in [0, 0.1) is 0 Å². The molecular weight excluding hydrogens is 440 g/mol. The third kappa shape index (κ3) is 4.00. The zero-order valence-electron chi connectivity index (χ0n) is 14.5. The molecule has 0 spiro atoms. The van der Waals surface area contributed by atoms with Crippen LogP contribution in [0.5, 0.6) is 0 Å². The van der Waals surface area contributed by atoms with Crippen molar-refractivity contribution < 1.29 is 12.8 Å². The molecule has 7 heteroatoms. The van der Waals surface area contributed by atoms with Crippen LogP contribution in [0.25, 0.3) is 22.8 Å².